The van der Waals surface area contributed by atoms with Crippen LogP contribution in [0.15, 0.2) is 18.2 Å². The molecule has 1 heterocycles. The minimum Gasteiger partial charge on any atom is -0.493 e. The van der Waals surface area contributed by atoms with Crippen molar-refractivity contribution in [3.63, 3.8) is 0 Å². The van der Waals surface area contributed by atoms with E-state index in [9.17, 15) is 0 Å². The van der Waals surface area contributed by atoms with Crippen molar-refractivity contribution in [2.45, 2.75) is 19.3 Å². The number of hydrogen-bond donors (Lipinski definition) is 1. The van der Waals surface area contributed by atoms with Crippen LogP contribution < -0.4 is 10.5 Å². The molecule has 100 valence electrons. The summed E-state index contributed by atoms with van der Waals surface area (Å²) in [6, 6.07) is 5.74. The Kier molecular flexibility index (Phi) is 5.29. The molecular formula is C14H20ClNO2. The highest BCUT2D eigenvalue weighted by Crippen LogP contribution is 2.25. The molecule has 0 aliphatic carbocycles. The lowest BCUT2D eigenvalue weighted by atomic mass is 10.0. The van der Waals surface area contributed by atoms with E-state index in [0.717, 1.165) is 55.4 Å². The first-order valence-electron chi connectivity index (χ1n) is 6.48. The summed E-state index contributed by atoms with van der Waals surface area (Å²) in [7, 11) is 0. The fourth-order valence-electron chi connectivity index (χ4n) is 2.16. The average molecular weight is 270 g/mol. The van der Waals surface area contributed by atoms with Gasteiger partial charge in [-0.05, 0) is 55.5 Å². The number of benzene rings is 1. The summed E-state index contributed by atoms with van der Waals surface area (Å²) in [5.74, 6) is 1.51. The number of halogens is 1. The molecular weight excluding hydrogens is 250 g/mol. The normalized spacial score (nSPS) is 16.8. The van der Waals surface area contributed by atoms with E-state index in [4.69, 9.17) is 26.8 Å². The van der Waals surface area contributed by atoms with E-state index >= 15 is 0 Å². The van der Waals surface area contributed by atoms with E-state index in [1.807, 2.05) is 18.2 Å². The lowest BCUT2D eigenvalue weighted by Gasteiger charge is -2.22. The Morgan fingerprint density at radius 2 is 2.11 bits per heavy atom. The Morgan fingerprint density at radius 1 is 1.33 bits per heavy atom. The van der Waals surface area contributed by atoms with Crippen molar-refractivity contribution < 1.29 is 9.47 Å². The van der Waals surface area contributed by atoms with Gasteiger partial charge in [-0.3, -0.25) is 0 Å². The van der Waals surface area contributed by atoms with Crippen molar-refractivity contribution in [1.29, 1.82) is 0 Å². The van der Waals surface area contributed by atoms with E-state index in [0.29, 0.717) is 12.5 Å². The molecule has 1 fully saturated rings. The molecule has 0 atom stereocenters. The zero-order chi connectivity index (χ0) is 12.8. The monoisotopic (exact) mass is 269 g/mol. The maximum atomic E-state index is 5.99. The van der Waals surface area contributed by atoms with Crippen molar-refractivity contribution in [2.24, 2.45) is 11.7 Å². The topological polar surface area (TPSA) is 44.5 Å². The Balaban J connectivity index is 1.94. The van der Waals surface area contributed by atoms with E-state index in [2.05, 4.69) is 0 Å². The van der Waals surface area contributed by atoms with E-state index in [1.165, 1.54) is 0 Å². The van der Waals surface area contributed by atoms with Crippen molar-refractivity contribution >= 4 is 11.6 Å². The van der Waals surface area contributed by atoms with Crippen LogP contribution in [-0.4, -0.2) is 26.4 Å². The minimum atomic E-state index is 0.597. The minimum absolute atomic E-state index is 0.597. The molecule has 1 saturated heterocycles. The molecule has 3 nitrogen and oxygen atoms in total. The summed E-state index contributed by atoms with van der Waals surface area (Å²) in [6.07, 6.45) is 2.96. The molecule has 0 unspecified atom stereocenters. The van der Waals surface area contributed by atoms with Crippen LogP contribution in [0.4, 0.5) is 0 Å². The Hall–Kier alpha value is -0.770. The Morgan fingerprint density at radius 3 is 2.83 bits per heavy atom. The van der Waals surface area contributed by atoms with E-state index in [-0.39, 0.29) is 0 Å². The van der Waals surface area contributed by atoms with Crippen LogP contribution in [-0.2, 0) is 11.2 Å². The first-order valence-corrected chi connectivity index (χ1v) is 6.86. The van der Waals surface area contributed by atoms with Crippen LogP contribution in [0, 0.1) is 5.92 Å². The SMILES string of the molecule is NCCc1cc(Cl)ccc1OCC1CCOCC1. The van der Waals surface area contributed by atoms with Crippen LogP contribution in [0.3, 0.4) is 0 Å². The fraction of sp³-hybridized carbons (Fsp3) is 0.571. The Labute approximate surface area is 113 Å². The average Bonchev–Trinajstić information content (AvgIpc) is 2.39. The molecule has 0 bridgehead atoms. The highest BCUT2D eigenvalue weighted by atomic mass is 35.5. The number of ether oxygens (including phenoxy) is 2. The van der Waals surface area contributed by atoms with Gasteiger partial charge in [-0.1, -0.05) is 11.6 Å². The van der Waals surface area contributed by atoms with Crippen LogP contribution in [0.25, 0.3) is 0 Å². The molecule has 2 rings (SSSR count). The molecule has 0 radical (unpaired) electrons. The molecule has 1 aliphatic heterocycles. The van der Waals surface area contributed by atoms with Gasteiger partial charge in [0.1, 0.15) is 5.75 Å². The van der Waals surface area contributed by atoms with Gasteiger partial charge >= 0.3 is 0 Å². The second kappa shape index (κ2) is 6.98. The van der Waals surface area contributed by atoms with Crippen molar-refractivity contribution in [2.75, 3.05) is 26.4 Å². The van der Waals surface area contributed by atoms with E-state index < -0.39 is 0 Å². The molecule has 0 amide bonds. The maximum Gasteiger partial charge on any atom is 0.122 e. The van der Waals surface area contributed by atoms with Gasteiger partial charge in [-0.25, -0.2) is 0 Å². The number of nitrogens with two attached hydrogens (primary N) is 1. The standard InChI is InChI=1S/C14H20ClNO2/c15-13-1-2-14(12(9-13)3-6-16)18-10-11-4-7-17-8-5-11/h1-2,9,11H,3-8,10,16H2. The van der Waals surface area contributed by atoms with Crippen LogP contribution >= 0.6 is 11.6 Å². The van der Waals surface area contributed by atoms with Crippen molar-refractivity contribution in [3.8, 4) is 5.75 Å². The summed E-state index contributed by atoms with van der Waals surface area (Å²) in [6.45, 7) is 3.06. The van der Waals surface area contributed by atoms with Crippen molar-refractivity contribution in [1.82, 2.24) is 0 Å². The van der Waals surface area contributed by atoms with Gasteiger partial charge in [0.2, 0.25) is 0 Å². The maximum absolute atomic E-state index is 5.99. The van der Waals surface area contributed by atoms with E-state index in [1.54, 1.807) is 0 Å². The third-order valence-electron chi connectivity index (χ3n) is 3.25. The lowest BCUT2D eigenvalue weighted by Crippen LogP contribution is -2.21. The fourth-order valence-corrected chi connectivity index (χ4v) is 2.36. The molecule has 0 spiro atoms. The van der Waals surface area contributed by atoms with Gasteiger partial charge < -0.3 is 15.2 Å². The predicted molar refractivity (Wildman–Crippen MR) is 73.2 cm³/mol. The van der Waals surface area contributed by atoms with Crippen LogP contribution in [0.2, 0.25) is 5.02 Å². The third-order valence-corrected chi connectivity index (χ3v) is 3.49. The number of hydrogen-bond acceptors (Lipinski definition) is 3. The summed E-state index contributed by atoms with van der Waals surface area (Å²) in [5.41, 5.74) is 6.70. The van der Waals surface area contributed by atoms with Crippen molar-refractivity contribution in [3.05, 3.63) is 28.8 Å². The highest BCUT2D eigenvalue weighted by Gasteiger charge is 2.15. The lowest BCUT2D eigenvalue weighted by molar-refractivity contribution is 0.0496. The molecule has 18 heavy (non-hydrogen) atoms. The smallest absolute Gasteiger partial charge is 0.122 e. The molecule has 1 aromatic carbocycles. The molecule has 1 aliphatic rings. The zero-order valence-corrected chi connectivity index (χ0v) is 11.3. The third kappa shape index (κ3) is 3.87. The molecule has 1 aromatic rings. The second-order valence-corrected chi connectivity index (χ2v) is 5.09. The summed E-state index contributed by atoms with van der Waals surface area (Å²) in [4.78, 5) is 0. The molecule has 0 aromatic heterocycles. The van der Waals surface area contributed by atoms with Gasteiger partial charge in [-0.2, -0.15) is 0 Å². The zero-order valence-electron chi connectivity index (χ0n) is 10.5. The van der Waals surface area contributed by atoms with Crippen LogP contribution in [0.1, 0.15) is 18.4 Å². The summed E-state index contributed by atoms with van der Waals surface area (Å²) < 4.78 is 11.3. The van der Waals surface area contributed by atoms with Gasteiger partial charge in [0.05, 0.1) is 6.61 Å². The summed E-state index contributed by atoms with van der Waals surface area (Å²) in [5, 5.41) is 0.733. The van der Waals surface area contributed by atoms with Gasteiger partial charge in [0.25, 0.3) is 0 Å². The summed E-state index contributed by atoms with van der Waals surface area (Å²) >= 11 is 5.99. The molecule has 0 saturated carbocycles. The quantitative estimate of drug-likeness (QED) is 0.894. The molecule has 4 heteroatoms. The molecule has 2 N–H and O–H groups in total. The van der Waals surface area contributed by atoms with Crippen LogP contribution in [0.5, 0.6) is 5.75 Å². The first-order chi connectivity index (χ1) is 8.79. The largest absolute Gasteiger partial charge is 0.493 e. The Bertz CT molecular complexity index is 378. The van der Waals surface area contributed by atoms with Gasteiger partial charge in [0, 0.05) is 18.2 Å². The van der Waals surface area contributed by atoms with Gasteiger partial charge in [0.15, 0.2) is 0 Å². The van der Waals surface area contributed by atoms with Gasteiger partial charge in [-0.15, -0.1) is 0 Å². The number of rotatable bonds is 5. The highest BCUT2D eigenvalue weighted by molar-refractivity contribution is 6.30. The first kappa shape index (κ1) is 13.7. The predicted octanol–water partition coefficient (Wildman–Crippen LogP) is 2.65. The second-order valence-electron chi connectivity index (χ2n) is 4.66.